The Labute approximate surface area is 330 Å². The van der Waals surface area contributed by atoms with E-state index in [9.17, 15) is 0 Å². The third kappa shape index (κ3) is 4.72. The van der Waals surface area contributed by atoms with Crippen LogP contribution in [0.5, 0.6) is 5.75 Å². The minimum atomic E-state index is -0.495. The summed E-state index contributed by atoms with van der Waals surface area (Å²) in [5.74, 6) is 2.90. The lowest BCUT2D eigenvalue weighted by Gasteiger charge is -2.45. The summed E-state index contributed by atoms with van der Waals surface area (Å²) in [4.78, 5) is 15.6. The maximum atomic E-state index is 7.21. The minimum absolute atomic E-state index is 0.0253. The van der Waals surface area contributed by atoms with Gasteiger partial charge >= 0.3 is 0 Å². The van der Waals surface area contributed by atoms with Crippen molar-refractivity contribution in [3.63, 3.8) is 0 Å². The van der Waals surface area contributed by atoms with E-state index in [-0.39, 0.29) is 12.0 Å². The van der Waals surface area contributed by atoms with Crippen molar-refractivity contribution in [2.24, 2.45) is 0 Å². The predicted molar refractivity (Wildman–Crippen MR) is 227 cm³/mol. The standard InChI is InChI=1S/C52H35N3O2/c1-2-15-32(16-3-1)49-53-50(33-29-30-38-37-20-8-12-27-45(37)56-47(38)31-33)55-51(54-49)40-21-5-4-17-34(40)39-22-14-26-44-48(39)57-46-28-13-11-25-43(46)52(44)41-23-9-6-18-35(41)36-19-7-10-24-42(36)52/h1-15,17-27,29-32,46H,16,28H2. The van der Waals surface area contributed by atoms with Gasteiger partial charge in [0.15, 0.2) is 11.6 Å². The molecule has 57 heavy (non-hydrogen) atoms. The number of furan rings is 1. The quantitative estimate of drug-likeness (QED) is 0.180. The Bertz CT molecular complexity index is 3050. The maximum absolute atomic E-state index is 7.21. The molecule has 8 aromatic rings. The van der Waals surface area contributed by atoms with Gasteiger partial charge in [-0.1, -0.05) is 158 Å². The summed E-state index contributed by atoms with van der Waals surface area (Å²) in [5.41, 5.74) is 12.6. The molecule has 3 heterocycles. The molecule has 4 aliphatic rings. The molecule has 0 fully saturated rings. The highest BCUT2D eigenvalue weighted by atomic mass is 16.5. The fourth-order valence-corrected chi connectivity index (χ4v) is 9.75. The zero-order valence-electron chi connectivity index (χ0n) is 31.0. The first-order valence-corrected chi connectivity index (χ1v) is 19.7. The number of ether oxygens (including phenoxy) is 1. The van der Waals surface area contributed by atoms with Gasteiger partial charge in [0.1, 0.15) is 28.8 Å². The molecule has 1 aliphatic heterocycles. The van der Waals surface area contributed by atoms with Gasteiger partial charge in [-0.2, -0.15) is 0 Å². The number of para-hydroxylation sites is 2. The van der Waals surface area contributed by atoms with E-state index in [1.54, 1.807) is 0 Å². The average molecular weight is 734 g/mol. The third-order valence-electron chi connectivity index (χ3n) is 12.2. The van der Waals surface area contributed by atoms with Gasteiger partial charge in [0.25, 0.3) is 0 Å². The minimum Gasteiger partial charge on any atom is -0.485 e. The van der Waals surface area contributed by atoms with Crippen LogP contribution in [0, 0.1) is 0 Å². The van der Waals surface area contributed by atoms with Crippen molar-refractivity contribution in [2.45, 2.75) is 30.3 Å². The second-order valence-electron chi connectivity index (χ2n) is 15.3. The van der Waals surface area contributed by atoms with Crippen LogP contribution in [0.2, 0.25) is 0 Å². The van der Waals surface area contributed by atoms with Crippen molar-refractivity contribution in [1.82, 2.24) is 15.0 Å². The van der Waals surface area contributed by atoms with Gasteiger partial charge in [0, 0.05) is 45.4 Å². The lowest BCUT2D eigenvalue weighted by atomic mass is 9.62. The van der Waals surface area contributed by atoms with Gasteiger partial charge < -0.3 is 9.15 Å². The van der Waals surface area contributed by atoms with Crippen LogP contribution in [0.3, 0.4) is 0 Å². The molecule has 2 unspecified atom stereocenters. The number of aromatic nitrogens is 3. The molecule has 1 spiro atoms. The van der Waals surface area contributed by atoms with Gasteiger partial charge in [0.05, 0.1) is 5.41 Å². The molecule has 0 saturated carbocycles. The molecular formula is C52H35N3O2. The molecule has 5 nitrogen and oxygen atoms in total. The Morgan fingerprint density at radius 2 is 1.21 bits per heavy atom. The summed E-state index contributed by atoms with van der Waals surface area (Å²) in [7, 11) is 0. The van der Waals surface area contributed by atoms with E-state index >= 15 is 0 Å². The molecular weight excluding hydrogens is 699 g/mol. The lowest BCUT2D eigenvalue weighted by molar-refractivity contribution is 0.206. The number of nitrogens with zero attached hydrogens (tertiary/aromatic N) is 3. The lowest BCUT2D eigenvalue weighted by Crippen LogP contribution is -2.42. The maximum Gasteiger partial charge on any atom is 0.164 e. The van der Waals surface area contributed by atoms with Crippen LogP contribution < -0.4 is 4.74 Å². The van der Waals surface area contributed by atoms with Crippen molar-refractivity contribution in [2.75, 3.05) is 0 Å². The van der Waals surface area contributed by atoms with E-state index in [4.69, 9.17) is 24.1 Å². The number of benzene rings is 6. The van der Waals surface area contributed by atoms with Crippen LogP contribution in [0.25, 0.3) is 67.0 Å². The molecule has 2 atom stereocenters. The molecule has 2 aromatic heterocycles. The van der Waals surface area contributed by atoms with Crippen LogP contribution in [0.15, 0.2) is 186 Å². The van der Waals surface area contributed by atoms with Gasteiger partial charge in [-0.25, -0.2) is 15.0 Å². The molecule has 0 bridgehead atoms. The SMILES string of the molecule is C1=CCC2Oc3c(-c4ccccc4-c4nc(-c5ccc6c(c5)oc5ccccc56)nc(C5C=CC=CC5)n4)cccc3C3(C2=C1)c1ccccc1-c1ccccc13. The zero-order chi connectivity index (χ0) is 37.5. The van der Waals surface area contributed by atoms with E-state index in [0.717, 1.165) is 74.2 Å². The highest BCUT2D eigenvalue weighted by molar-refractivity contribution is 6.05. The fraction of sp³-hybridized carbons (Fsp3) is 0.0962. The predicted octanol–water partition coefficient (Wildman–Crippen LogP) is 12.3. The Kier molecular flexibility index (Phi) is 7.03. The Balaban J connectivity index is 1.07. The van der Waals surface area contributed by atoms with Crippen LogP contribution >= 0.6 is 0 Å². The second kappa shape index (κ2) is 12.5. The summed E-state index contributed by atoms with van der Waals surface area (Å²) in [6.07, 6.45) is 16.7. The summed E-state index contributed by atoms with van der Waals surface area (Å²) < 4.78 is 13.5. The molecule has 3 aliphatic carbocycles. The monoisotopic (exact) mass is 733 g/mol. The smallest absolute Gasteiger partial charge is 0.164 e. The third-order valence-corrected chi connectivity index (χ3v) is 12.2. The van der Waals surface area contributed by atoms with E-state index in [1.165, 1.54) is 27.8 Å². The first-order chi connectivity index (χ1) is 28.3. The summed E-state index contributed by atoms with van der Waals surface area (Å²) in [5, 5.41) is 2.16. The Morgan fingerprint density at radius 3 is 2.04 bits per heavy atom. The van der Waals surface area contributed by atoms with Crippen LogP contribution in [0.4, 0.5) is 0 Å². The summed E-state index contributed by atoms with van der Waals surface area (Å²) >= 11 is 0. The van der Waals surface area contributed by atoms with Crippen LogP contribution in [-0.4, -0.2) is 21.1 Å². The van der Waals surface area contributed by atoms with E-state index in [2.05, 4.69) is 158 Å². The average Bonchev–Trinajstić information content (AvgIpc) is 3.80. The molecule has 270 valence electrons. The first kappa shape index (κ1) is 32.2. The van der Waals surface area contributed by atoms with Gasteiger partial charge in [-0.05, 0) is 58.0 Å². The van der Waals surface area contributed by atoms with E-state index in [1.807, 2.05) is 18.2 Å². The number of hydrogen-bond donors (Lipinski definition) is 0. The molecule has 6 aromatic carbocycles. The molecule has 0 saturated heterocycles. The van der Waals surface area contributed by atoms with Gasteiger partial charge in [-0.3, -0.25) is 0 Å². The van der Waals surface area contributed by atoms with E-state index in [0.29, 0.717) is 11.6 Å². The molecule has 0 N–H and O–H groups in total. The molecule has 5 heteroatoms. The van der Waals surface area contributed by atoms with Gasteiger partial charge in [0.2, 0.25) is 0 Å². The zero-order valence-corrected chi connectivity index (χ0v) is 31.0. The second-order valence-corrected chi connectivity index (χ2v) is 15.3. The summed E-state index contributed by atoms with van der Waals surface area (Å²) in [6.45, 7) is 0. The van der Waals surface area contributed by atoms with E-state index < -0.39 is 5.41 Å². The normalized spacial score (nSPS) is 18.2. The van der Waals surface area contributed by atoms with Crippen molar-refractivity contribution in [3.05, 3.63) is 204 Å². The highest BCUT2D eigenvalue weighted by Gasteiger charge is 2.54. The highest BCUT2D eigenvalue weighted by Crippen LogP contribution is 2.62. The summed E-state index contributed by atoms with van der Waals surface area (Å²) in [6, 6.07) is 47.4. The number of rotatable bonds is 4. The molecule has 12 rings (SSSR count). The largest absolute Gasteiger partial charge is 0.485 e. The van der Waals surface area contributed by atoms with Crippen LogP contribution in [0.1, 0.15) is 41.3 Å². The van der Waals surface area contributed by atoms with Crippen molar-refractivity contribution in [3.8, 4) is 50.8 Å². The number of allylic oxidation sites excluding steroid dienone is 6. The number of fused-ring (bicyclic) bond motifs is 12. The van der Waals surface area contributed by atoms with Crippen molar-refractivity contribution in [1.29, 1.82) is 0 Å². The van der Waals surface area contributed by atoms with Gasteiger partial charge in [-0.15, -0.1) is 0 Å². The Hall–Kier alpha value is -7.11. The topological polar surface area (TPSA) is 61.0 Å². The number of hydrogen-bond acceptors (Lipinski definition) is 5. The fourth-order valence-electron chi connectivity index (χ4n) is 9.75. The van der Waals surface area contributed by atoms with Crippen molar-refractivity contribution < 1.29 is 9.15 Å². The Morgan fingerprint density at radius 1 is 0.526 bits per heavy atom. The van der Waals surface area contributed by atoms with Crippen LogP contribution in [-0.2, 0) is 5.41 Å². The molecule has 0 amide bonds. The van der Waals surface area contributed by atoms with Crippen molar-refractivity contribution >= 4 is 21.9 Å². The first-order valence-electron chi connectivity index (χ1n) is 19.7. The molecule has 0 radical (unpaired) electrons.